The Morgan fingerprint density at radius 2 is 1.31 bits per heavy atom. The first-order chi connectivity index (χ1) is 7.37. The molecule has 1 atom stereocenters. The van der Waals surface area contributed by atoms with Gasteiger partial charge in [-0.2, -0.15) is 0 Å². The molecule has 0 saturated heterocycles. The van der Waals surface area contributed by atoms with Crippen molar-refractivity contribution in [2.24, 2.45) is 0 Å². The Kier molecular flexibility index (Phi) is 2.85. The monoisotopic (exact) mass is 206 g/mol. The second-order valence-corrected chi connectivity index (χ2v) is 5.32. The van der Waals surface area contributed by atoms with E-state index in [0.717, 1.165) is 0 Å². The summed E-state index contributed by atoms with van der Waals surface area (Å²) in [6.45, 7) is 13.7. The minimum absolute atomic E-state index is 0.605. The van der Waals surface area contributed by atoms with Crippen LogP contribution < -0.4 is 0 Å². The van der Waals surface area contributed by atoms with Crippen LogP contribution in [0.1, 0.15) is 53.1 Å². The first kappa shape index (κ1) is 12.0. The number of rotatable bonds is 0. The molecule has 0 heterocycles. The number of fused-ring (bicyclic) bond motifs is 1. The van der Waals surface area contributed by atoms with Crippen molar-refractivity contribution in [1.82, 2.24) is 0 Å². The van der Waals surface area contributed by atoms with Gasteiger partial charge in [-0.3, -0.25) is 0 Å². The predicted octanol–water partition coefficient (Wildman–Crippen LogP) is 3.94. The molecule has 16 heavy (non-hydrogen) atoms. The Morgan fingerprint density at radius 1 is 0.812 bits per heavy atom. The summed E-state index contributed by atoms with van der Waals surface area (Å²) in [5.74, 6) is 0.605. The predicted molar refractivity (Wildman–Crippen MR) is 72.2 cm³/mol. The Morgan fingerprint density at radius 3 is 1.88 bits per heavy atom. The van der Waals surface area contributed by atoms with Crippen LogP contribution in [0.5, 0.6) is 0 Å². The van der Waals surface area contributed by atoms with Crippen LogP contribution in [0.15, 0.2) is 5.57 Å². The Labute approximate surface area is 108 Å². The summed E-state index contributed by atoms with van der Waals surface area (Å²) < 4.78 is 1.51. The molecule has 0 saturated carbocycles. The average molecular weight is 206 g/mol. The summed E-state index contributed by atoms with van der Waals surface area (Å²) in [6.07, 6.45) is 0. The zero-order valence-corrected chi connectivity index (χ0v) is 11.6. The van der Waals surface area contributed by atoms with Crippen molar-refractivity contribution in [3.8, 4) is 0 Å². The van der Waals surface area contributed by atoms with Crippen LogP contribution >= 0.6 is 0 Å². The zero-order chi connectivity index (χ0) is 12.2. The van der Waals surface area contributed by atoms with Gasteiger partial charge in [0.25, 0.3) is 0 Å². The summed E-state index contributed by atoms with van der Waals surface area (Å²) in [6, 6.07) is 0. The van der Waals surface area contributed by atoms with E-state index in [0.29, 0.717) is 5.92 Å². The van der Waals surface area contributed by atoms with E-state index in [1.54, 1.807) is 11.1 Å². The van der Waals surface area contributed by atoms with Crippen LogP contribution in [0.25, 0.3) is 4.25 Å². The molecule has 1 aliphatic carbocycles. The normalized spacial score (nSPS) is 19.4. The van der Waals surface area contributed by atoms with Crippen LogP contribution in [0.4, 0.5) is 0 Å². The van der Waals surface area contributed by atoms with Crippen molar-refractivity contribution in [1.29, 1.82) is 0 Å². The van der Waals surface area contributed by atoms with E-state index in [2.05, 4.69) is 59.3 Å². The topological polar surface area (TPSA) is 0 Å². The van der Waals surface area contributed by atoms with E-state index in [-0.39, 0.29) is 0 Å². The molecule has 0 aromatic heterocycles. The van der Waals surface area contributed by atoms with Gasteiger partial charge in [-0.1, -0.05) is 0 Å². The van der Waals surface area contributed by atoms with Crippen LogP contribution in [0.3, 0.4) is 0 Å². The fraction of sp³-hybridized carbons (Fsp3) is 0.467. The molecule has 1 aromatic rings. The molecule has 1 heteroatoms. The molecule has 1 unspecified atom stereocenters. The second kappa shape index (κ2) is 3.79. The van der Waals surface area contributed by atoms with Gasteiger partial charge in [-0.25, -0.2) is 0 Å². The molecule has 0 amide bonds. The third-order valence-corrected chi connectivity index (χ3v) is 4.78. The summed E-state index contributed by atoms with van der Waals surface area (Å²) in [7, 11) is 0. The maximum absolute atomic E-state index is 2.34. The fourth-order valence-corrected chi connectivity index (χ4v) is 3.10. The van der Waals surface area contributed by atoms with Crippen molar-refractivity contribution in [2.45, 2.75) is 47.5 Å². The molecular formula is C15H19Li. The van der Waals surface area contributed by atoms with E-state index < -0.39 is 0 Å². The van der Waals surface area contributed by atoms with Crippen molar-refractivity contribution in [3.63, 3.8) is 0 Å². The van der Waals surface area contributed by atoms with E-state index in [1.165, 1.54) is 32.1 Å². The molecule has 0 fully saturated rings. The molecule has 0 aliphatic heterocycles. The van der Waals surface area contributed by atoms with Crippen molar-refractivity contribution in [3.05, 3.63) is 39.0 Å². The van der Waals surface area contributed by atoms with Gasteiger partial charge in [0, 0.05) is 0 Å². The van der Waals surface area contributed by atoms with Crippen LogP contribution in [-0.4, -0.2) is 17.7 Å². The van der Waals surface area contributed by atoms with Gasteiger partial charge in [0.15, 0.2) is 0 Å². The van der Waals surface area contributed by atoms with Gasteiger partial charge in [-0.05, 0) is 0 Å². The Hall–Kier alpha value is -0.443. The van der Waals surface area contributed by atoms with Crippen molar-refractivity contribution < 1.29 is 0 Å². The number of benzene rings is 1. The van der Waals surface area contributed by atoms with Crippen LogP contribution in [0.2, 0.25) is 0 Å². The van der Waals surface area contributed by atoms with E-state index in [9.17, 15) is 0 Å². The average Bonchev–Trinajstić information content (AvgIpc) is 2.48. The Bertz CT molecular complexity index is 507. The molecule has 0 radical (unpaired) electrons. The molecule has 2 rings (SSSR count). The van der Waals surface area contributed by atoms with Gasteiger partial charge in [0.1, 0.15) is 0 Å². The third-order valence-electron chi connectivity index (χ3n) is 4.78. The van der Waals surface area contributed by atoms with Gasteiger partial charge in [-0.15, -0.1) is 0 Å². The molecule has 0 bridgehead atoms. The van der Waals surface area contributed by atoms with Gasteiger partial charge >= 0.3 is 108 Å². The standard InChI is InChI=1S/C15H19.Li/c1-8-7-14-12(5)10(3)11(4)13(6)15(14)9(8)2;/h9H,1-6H3;. The van der Waals surface area contributed by atoms with Gasteiger partial charge < -0.3 is 0 Å². The molecule has 1 aromatic carbocycles. The number of hydrogen-bond acceptors (Lipinski definition) is 0. The molecule has 0 nitrogen and oxygen atoms in total. The molecule has 80 valence electrons. The first-order valence-corrected chi connectivity index (χ1v) is 6.15. The summed E-state index contributed by atoms with van der Waals surface area (Å²) in [5.41, 5.74) is 10.6. The first-order valence-electron chi connectivity index (χ1n) is 6.15. The number of allylic oxidation sites excluding steroid dienone is 1. The summed E-state index contributed by atoms with van der Waals surface area (Å²) in [5, 5.41) is 0. The number of hydrogen-bond donors (Lipinski definition) is 0. The van der Waals surface area contributed by atoms with Crippen molar-refractivity contribution in [2.75, 3.05) is 0 Å². The molecule has 1 aliphatic rings. The molecule has 0 N–H and O–H groups in total. The van der Waals surface area contributed by atoms with Crippen LogP contribution in [-0.2, 0) is 0 Å². The van der Waals surface area contributed by atoms with E-state index in [4.69, 9.17) is 0 Å². The Balaban J connectivity index is 2.89. The van der Waals surface area contributed by atoms with E-state index in [1.807, 2.05) is 0 Å². The summed E-state index contributed by atoms with van der Waals surface area (Å²) in [4.78, 5) is 0. The van der Waals surface area contributed by atoms with Crippen LogP contribution in [0, 0.1) is 27.7 Å². The van der Waals surface area contributed by atoms with Gasteiger partial charge in [0.2, 0.25) is 0 Å². The quantitative estimate of drug-likeness (QED) is 0.564. The third kappa shape index (κ3) is 1.37. The van der Waals surface area contributed by atoms with Gasteiger partial charge in [0.05, 0.1) is 0 Å². The SMILES string of the molecule is [Li][C]1=C(C)C(C)c2c(C)c(C)c(C)c(C)c21. The maximum atomic E-state index is 2.34. The van der Waals surface area contributed by atoms with E-state index >= 15 is 0 Å². The fourth-order valence-electron chi connectivity index (χ4n) is 3.10. The second-order valence-electron chi connectivity index (χ2n) is 5.32. The zero-order valence-electron chi connectivity index (χ0n) is 11.6. The van der Waals surface area contributed by atoms with Crippen molar-refractivity contribution >= 4 is 22.0 Å². The molecular weight excluding hydrogens is 187 g/mol. The summed E-state index contributed by atoms with van der Waals surface area (Å²) >= 11 is 2.28. The molecule has 0 spiro atoms. The minimum atomic E-state index is 0.605.